The number of hydrogen-bond acceptors (Lipinski definition) is 4. The normalized spacial score (nSPS) is 13.4. The van der Waals surface area contributed by atoms with E-state index < -0.39 is 0 Å². The van der Waals surface area contributed by atoms with E-state index in [-0.39, 0.29) is 11.7 Å². The van der Waals surface area contributed by atoms with Crippen LogP contribution in [0.25, 0.3) is 0 Å². The van der Waals surface area contributed by atoms with Gasteiger partial charge in [0.1, 0.15) is 16.1 Å². The number of pyridine rings is 1. The number of Topliss-reactive ketones (excluding diaryl/α,β-unsaturated/α-hetero) is 1. The van der Waals surface area contributed by atoms with E-state index in [0.29, 0.717) is 16.4 Å². The fourth-order valence-corrected chi connectivity index (χ4v) is 2.79. The SMILES string of the molecule is C=C(C)S/C(C(C)=O)=C(/Oc1cnc(Br)c(C)c1)C(C)CC. The second kappa shape index (κ2) is 8.53. The highest BCUT2D eigenvalue weighted by molar-refractivity contribution is 9.10. The van der Waals surface area contributed by atoms with Crippen LogP contribution < -0.4 is 4.74 Å². The number of carbonyl (C=O) groups is 1. The minimum absolute atomic E-state index is 0.00917. The van der Waals surface area contributed by atoms with Crippen LogP contribution in [-0.4, -0.2) is 10.8 Å². The standard InChI is InChI=1S/C17H22BrNO2S/c1-7-11(4)15(16(13(6)20)22-10(2)3)21-14-8-12(5)17(18)19-9-14/h8-9,11H,2,7H2,1,3-6H3/b16-15+. The van der Waals surface area contributed by atoms with Gasteiger partial charge in [-0.05, 0) is 59.7 Å². The number of thioether (sulfide) groups is 1. The van der Waals surface area contributed by atoms with Crippen molar-refractivity contribution in [3.63, 3.8) is 0 Å². The van der Waals surface area contributed by atoms with E-state index in [9.17, 15) is 4.79 Å². The molecule has 0 aromatic carbocycles. The Morgan fingerprint density at radius 1 is 1.50 bits per heavy atom. The van der Waals surface area contributed by atoms with Crippen molar-refractivity contribution in [1.82, 2.24) is 4.98 Å². The molecule has 1 aromatic heterocycles. The van der Waals surface area contributed by atoms with E-state index in [1.54, 1.807) is 13.1 Å². The van der Waals surface area contributed by atoms with Crippen LogP contribution in [0.2, 0.25) is 0 Å². The largest absolute Gasteiger partial charge is 0.458 e. The van der Waals surface area contributed by atoms with Crippen molar-refractivity contribution >= 4 is 33.5 Å². The lowest BCUT2D eigenvalue weighted by molar-refractivity contribution is -0.113. The van der Waals surface area contributed by atoms with Gasteiger partial charge in [-0.15, -0.1) is 0 Å². The molecule has 0 saturated heterocycles. The molecule has 5 heteroatoms. The third-order valence-corrected chi connectivity index (χ3v) is 4.97. The van der Waals surface area contributed by atoms with Crippen molar-refractivity contribution in [2.45, 2.75) is 41.0 Å². The summed E-state index contributed by atoms with van der Waals surface area (Å²) in [6.07, 6.45) is 2.54. The predicted octanol–water partition coefficient (Wildman–Crippen LogP) is 5.64. The van der Waals surface area contributed by atoms with Crippen LogP contribution in [0.4, 0.5) is 0 Å². The molecule has 22 heavy (non-hydrogen) atoms. The average Bonchev–Trinajstić information content (AvgIpc) is 2.45. The molecule has 0 N–H and O–H groups in total. The van der Waals surface area contributed by atoms with Gasteiger partial charge >= 0.3 is 0 Å². The number of allylic oxidation sites excluding steroid dienone is 3. The number of aromatic nitrogens is 1. The summed E-state index contributed by atoms with van der Waals surface area (Å²) >= 11 is 4.74. The van der Waals surface area contributed by atoms with Crippen LogP contribution in [0.3, 0.4) is 0 Å². The summed E-state index contributed by atoms with van der Waals surface area (Å²) in [5, 5.41) is 0. The Balaban J connectivity index is 3.28. The van der Waals surface area contributed by atoms with Crippen LogP contribution in [0.15, 0.2) is 39.0 Å². The van der Waals surface area contributed by atoms with Crippen molar-refractivity contribution in [3.05, 3.63) is 44.6 Å². The number of hydrogen-bond donors (Lipinski definition) is 0. The van der Waals surface area contributed by atoms with Crippen molar-refractivity contribution < 1.29 is 9.53 Å². The van der Waals surface area contributed by atoms with Crippen molar-refractivity contribution in [2.75, 3.05) is 0 Å². The van der Waals surface area contributed by atoms with Gasteiger partial charge < -0.3 is 4.74 Å². The molecule has 1 unspecified atom stereocenters. The lowest BCUT2D eigenvalue weighted by atomic mass is 10.1. The molecule has 3 nitrogen and oxygen atoms in total. The second-order valence-electron chi connectivity index (χ2n) is 5.24. The molecule has 0 aliphatic rings. The molecule has 0 bridgehead atoms. The topological polar surface area (TPSA) is 39.2 Å². The van der Waals surface area contributed by atoms with Crippen molar-refractivity contribution in [3.8, 4) is 5.75 Å². The van der Waals surface area contributed by atoms with Crippen LogP contribution in [0.1, 0.15) is 39.7 Å². The van der Waals surface area contributed by atoms with E-state index in [0.717, 1.165) is 21.5 Å². The lowest BCUT2D eigenvalue weighted by Crippen LogP contribution is -2.12. The van der Waals surface area contributed by atoms with E-state index in [4.69, 9.17) is 4.74 Å². The zero-order valence-electron chi connectivity index (χ0n) is 13.7. The fraction of sp³-hybridized carbons (Fsp3) is 0.412. The number of aryl methyl sites for hydroxylation is 1. The molecule has 1 heterocycles. The van der Waals surface area contributed by atoms with Gasteiger partial charge in [0.05, 0.1) is 11.1 Å². The highest BCUT2D eigenvalue weighted by atomic mass is 79.9. The lowest BCUT2D eigenvalue weighted by Gasteiger charge is -2.19. The van der Waals surface area contributed by atoms with Crippen LogP contribution in [0, 0.1) is 12.8 Å². The Kier molecular flexibility index (Phi) is 7.36. The Hall–Kier alpha value is -1.07. The number of rotatable bonds is 7. The Labute approximate surface area is 145 Å². The number of nitrogens with zero attached hydrogens (tertiary/aromatic N) is 1. The number of ether oxygens (including phenoxy) is 1. The van der Waals surface area contributed by atoms with Gasteiger partial charge in [0.15, 0.2) is 5.78 Å². The van der Waals surface area contributed by atoms with E-state index in [1.165, 1.54) is 11.8 Å². The zero-order valence-corrected chi connectivity index (χ0v) is 16.1. The molecule has 1 atom stereocenters. The van der Waals surface area contributed by atoms with Crippen LogP contribution in [0.5, 0.6) is 5.75 Å². The first kappa shape index (κ1) is 19.0. The molecule has 0 aliphatic heterocycles. The molecule has 0 fully saturated rings. The summed E-state index contributed by atoms with van der Waals surface area (Å²) in [5.74, 6) is 1.45. The van der Waals surface area contributed by atoms with Gasteiger partial charge in [-0.3, -0.25) is 4.79 Å². The first-order valence-corrected chi connectivity index (χ1v) is 8.75. The summed E-state index contributed by atoms with van der Waals surface area (Å²) in [6, 6.07) is 1.91. The number of ketones is 1. The molecule has 1 aromatic rings. The maximum atomic E-state index is 12.0. The van der Waals surface area contributed by atoms with E-state index in [2.05, 4.69) is 41.3 Å². The maximum Gasteiger partial charge on any atom is 0.169 e. The third kappa shape index (κ3) is 5.29. The third-order valence-electron chi connectivity index (χ3n) is 3.10. The summed E-state index contributed by atoms with van der Waals surface area (Å²) in [7, 11) is 0. The van der Waals surface area contributed by atoms with E-state index >= 15 is 0 Å². The summed E-state index contributed by atoms with van der Waals surface area (Å²) in [6.45, 7) is 13.4. The molecule has 0 spiro atoms. The monoisotopic (exact) mass is 383 g/mol. The van der Waals surface area contributed by atoms with Crippen molar-refractivity contribution in [2.24, 2.45) is 5.92 Å². The highest BCUT2D eigenvalue weighted by Crippen LogP contribution is 2.33. The Morgan fingerprint density at radius 3 is 2.59 bits per heavy atom. The maximum absolute atomic E-state index is 12.0. The molecule has 0 amide bonds. The molecular formula is C17H22BrNO2S. The van der Waals surface area contributed by atoms with Gasteiger partial charge in [-0.2, -0.15) is 0 Å². The van der Waals surface area contributed by atoms with Gasteiger partial charge in [0, 0.05) is 5.92 Å². The van der Waals surface area contributed by atoms with Crippen LogP contribution >= 0.6 is 27.7 Å². The predicted molar refractivity (Wildman–Crippen MR) is 96.9 cm³/mol. The number of carbonyl (C=O) groups excluding carboxylic acids is 1. The van der Waals surface area contributed by atoms with E-state index in [1.807, 2.05) is 19.9 Å². The van der Waals surface area contributed by atoms with Gasteiger partial charge in [0.25, 0.3) is 0 Å². The average molecular weight is 384 g/mol. The van der Waals surface area contributed by atoms with Crippen molar-refractivity contribution in [1.29, 1.82) is 0 Å². The molecule has 1 rings (SSSR count). The summed E-state index contributed by atoms with van der Waals surface area (Å²) in [5.41, 5.74) is 0.984. The van der Waals surface area contributed by atoms with Gasteiger partial charge in [-0.25, -0.2) is 4.98 Å². The van der Waals surface area contributed by atoms with Crippen LogP contribution in [-0.2, 0) is 4.79 Å². The fourth-order valence-electron chi connectivity index (χ4n) is 1.74. The molecule has 0 radical (unpaired) electrons. The second-order valence-corrected chi connectivity index (χ2v) is 7.30. The molecular weight excluding hydrogens is 362 g/mol. The number of halogens is 1. The van der Waals surface area contributed by atoms with Gasteiger partial charge in [0.2, 0.25) is 0 Å². The molecule has 0 aliphatic carbocycles. The Morgan fingerprint density at radius 2 is 2.14 bits per heavy atom. The molecule has 0 saturated carbocycles. The quantitative estimate of drug-likeness (QED) is 0.346. The summed E-state index contributed by atoms with van der Waals surface area (Å²) < 4.78 is 6.83. The minimum Gasteiger partial charge on any atom is -0.458 e. The first-order chi connectivity index (χ1) is 10.3. The minimum atomic E-state index is -0.00917. The zero-order chi connectivity index (χ0) is 16.9. The molecule has 120 valence electrons. The highest BCUT2D eigenvalue weighted by Gasteiger charge is 2.20. The first-order valence-electron chi connectivity index (χ1n) is 7.14. The van der Waals surface area contributed by atoms with Gasteiger partial charge in [-0.1, -0.05) is 32.2 Å². The smallest absolute Gasteiger partial charge is 0.169 e. The Bertz CT molecular complexity index is 611. The summed E-state index contributed by atoms with van der Waals surface area (Å²) in [4.78, 5) is 17.7.